The molecule has 0 aliphatic heterocycles. The summed E-state index contributed by atoms with van der Waals surface area (Å²) < 4.78 is 27.0. The minimum absolute atomic E-state index is 0.0939. The predicted molar refractivity (Wildman–Crippen MR) is 71.8 cm³/mol. The molecule has 2 aromatic rings. The van der Waals surface area contributed by atoms with Crippen LogP contribution in [-0.4, -0.2) is 28.1 Å². The highest BCUT2D eigenvalue weighted by atomic mass is 35.5. The van der Waals surface area contributed by atoms with E-state index in [1.807, 2.05) is 0 Å². The summed E-state index contributed by atoms with van der Waals surface area (Å²) in [7, 11) is 1.48. The number of benzene rings is 1. The third kappa shape index (κ3) is 2.94. The van der Waals surface area contributed by atoms with E-state index in [2.05, 4.69) is 10.2 Å². The third-order valence-electron chi connectivity index (χ3n) is 2.89. The smallest absolute Gasteiger partial charge is 0.285 e. The SMILES string of the molecule is CC(c1cc(F)ccc1F)N(C)C(=O)c1nnc(Cl)s1. The maximum atomic E-state index is 13.7. The van der Waals surface area contributed by atoms with E-state index < -0.39 is 23.6 Å². The van der Waals surface area contributed by atoms with Gasteiger partial charge in [0.1, 0.15) is 11.6 Å². The molecule has 106 valence electrons. The lowest BCUT2D eigenvalue weighted by atomic mass is 10.1. The molecule has 0 saturated carbocycles. The molecule has 1 aromatic carbocycles. The number of hydrogen-bond acceptors (Lipinski definition) is 4. The van der Waals surface area contributed by atoms with Crippen LogP contribution < -0.4 is 0 Å². The van der Waals surface area contributed by atoms with Crippen molar-refractivity contribution in [1.29, 1.82) is 0 Å². The molecule has 1 unspecified atom stereocenters. The first kappa shape index (κ1) is 14.8. The molecule has 8 heteroatoms. The molecule has 0 radical (unpaired) electrons. The number of aromatic nitrogens is 2. The summed E-state index contributed by atoms with van der Waals surface area (Å²) >= 11 is 6.54. The van der Waals surface area contributed by atoms with Crippen molar-refractivity contribution in [3.05, 3.63) is 44.9 Å². The lowest BCUT2D eigenvalue weighted by Gasteiger charge is -2.24. The molecule has 0 saturated heterocycles. The van der Waals surface area contributed by atoms with Crippen molar-refractivity contribution < 1.29 is 13.6 Å². The maximum absolute atomic E-state index is 13.7. The molecule has 1 aromatic heterocycles. The van der Waals surface area contributed by atoms with E-state index >= 15 is 0 Å². The Bertz CT molecular complexity index is 649. The van der Waals surface area contributed by atoms with E-state index in [0.717, 1.165) is 29.5 Å². The quantitative estimate of drug-likeness (QED) is 0.872. The number of carbonyl (C=O) groups excluding carboxylic acids is 1. The van der Waals surface area contributed by atoms with Gasteiger partial charge in [0.25, 0.3) is 5.91 Å². The summed E-state index contributed by atoms with van der Waals surface area (Å²) in [4.78, 5) is 13.4. The van der Waals surface area contributed by atoms with Gasteiger partial charge in [-0.25, -0.2) is 8.78 Å². The Morgan fingerprint density at radius 3 is 2.70 bits per heavy atom. The van der Waals surface area contributed by atoms with Crippen LogP contribution in [0.25, 0.3) is 0 Å². The van der Waals surface area contributed by atoms with Gasteiger partial charge >= 0.3 is 0 Å². The first-order chi connectivity index (χ1) is 9.40. The van der Waals surface area contributed by atoms with Gasteiger partial charge in [-0.05, 0) is 36.7 Å². The van der Waals surface area contributed by atoms with Crippen molar-refractivity contribution in [2.75, 3.05) is 7.05 Å². The first-order valence-corrected chi connectivity index (χ1v) is 6.80. The minimum Gasteiger partial charge on any atom is -0.333 e. The summed E-state index contributed by atoms with van der Waals surface area (Å²) in [5.74, 6) is -1.59. The normalized spacial score (nSPS) is 12.2. The Morgan fingerprint density at radius 2 is 2.10 bits per heavy atom. The average Bonchev–Trinajstić information content (AvgIpc) is 2.85. The predicted octanol–water partition coefficient (Wildman–Crippen LogP) is 3.30. The zero-order valence-electron chi connectivity index (χ0n) is 10.6. The van der Waals surface area contributed by atoms with Gasteiger partial charge in [-0.15, -0.1) is 10.2 Å². The fraction of sp³-hybridized carbons (Fsp3) is 0.250. The molecule has 0 aliphatic carbocycles. The van der Waals surface area contributed by atoms with Crippen LogP contribution in [0.2, 0.25) is 4.47 Å². The molecular formula is C12H10ClF2N3OS. The van der Waals surface area contributed by atoms with Crippen LogP contribution in [0.1, 0.15) is 28.3 Å². The molecule has 20 heavy (non-hydrogen) atoms. The number of amides is 1. The van der Waals surface area contributed by atoms with Gasteiger partial charge in [0.05, 0.1) is 6.04 Å². The molecule has 2 rings (SSSR count). The lowest BCUT2D eigenvalue weighted by molar-refractivity contribution is 0.0739. The second-order valence-corrected chi connectivity index (χ2v) is 5.68. The van der Waals surface area contributed by atoms with Crippen molar-refractivity contribution in [3.8, 4) is 0 Å². The summed E-state index contributed by atoms with van der Waals surface area (Å²) in [5, 5.41) is 7.26. The van der Waals surface area contributed by atoms with Crippen LogP contribution in [0.4, 0.5) is 8.78 Å². The fourth-order valence-corrected chi connectivity index (χ4v) is 2.47. The Morgan fingerprint density at radius 1 is 1.40 bits per heavy atom. The summed E-state index contributed by atoms with van der Waals surface area (Å²) in [6.45, 7) is 1.60. The molecule has 4 nitrogen and oxygen atoms in total. The zero-order chi connectivity index (χ0) is 14.9. The highest BCUT2D eigenvalue weighted by molar-refractivity contribution is 7.17. The van der Waals surface area contributed by atoms with E-state index in [1.165, 1.54) is 11.9 Å². The number of hydrogen-bond donors (Lipinski definition) is 0. The molecular weight excluding hydrogens is 308 g/mol. The topological polar surface area (TPSA) is 46.1 Å². The van der Waals surface area contributed by atoms with Crippen molar-refractivity contribution in [2.24, 2.45) is 0 Å². The third-order valence-corrected chi connectivity index (χ3v) is 3.90. The van der Waals surface area contributed by atoms with Crippen LogP contribution in [-0.2, 0) is 0 Å². The van der Waals surface area contributed by atoms with Gasteiger partial charge in [0.2, 0.25) is 9.47 Å². The first-order valence-electron chi connectivity index (χ1n) is 5.61. The second kappa shape index (κ2) is 5.80. The standard InChI is InChI=1S/C12H10ClF2N3OS/c1-6(8-5-7(14)3-4-9(8)15)18(2)11(19)10-16-17-12(13)20-10/h3-6H,1-2H3. The van der Waals surface area contributed by atoms with Gasteiger partial charge < -0.3 is 4.90 Å². The molecule has 1 atom stereocenters. The average molecular weight is 318 g/mol. The highest BCUT2D eigenvalue weighted by Gasteiger charge is 2.24. The van der Waals surface area contributed by atoms with Gasteiger partial charge in [0, 0.05) is 12.6 Å². The summed E-state index contributed by atoms with van der Waals surface area (Å²) in [6, 6.07) is 2.47. The van der Waals surface area contributed by atoms with Crippen molar-refractivity contribution in [2.45, 2.75) is 13.0 Å². The molecule has 0 aliphatic rings. The van der Waals surface area contributed by atoms with Crippen LogP contribution in [0.15, 0.2) is 18.2 Å². The lowest BCUT2D eigenvalue weighted by Crippen LogP contribution is -2.30. The van der Waals surface area contributed by atoms with E-state index in [1.54, 1.807) is 6.92 Å². The van der Waals surface area contributed by atoms with Crippen LogP contribution in [0, 0.1) is 11.6 Å². The number of nitrogens with zero attached hydrogens (tertiary/aromatic N) is 3. The van der Waals surface area contributed by atoms with Crippen LogP contribution in [0.5, 0.6) is 0 Å². The van der Waals surface area contributed by atoms with Gasteiger partial charge in [0.15, 0.2) is 0 Å². The Labute approximate surface area is 123 Å². The van der Waals surface area contributed by atoms with E-state index in [4.69, 9.17) is 11.6 Å². The maximum Gasteiger partial charge on any atom is 0.285 e. The fourth-order valence-electron chi connectivity index (χ4n) is 1.66. The van der Waals surface area contributed by atoms with E-state index in [-0.39, 0.29) is 15.0 Å². The number of carbonyl (C=O) groups is 1. The molecule has 0 fully saturated rings. The van der Waals surface area contributed by atoms with Crippen LogP contribution >= 0.6 is 22.9 Å². The van der Waals surface area contributed by atoms with Gasteiger partial charge in [-0.2, -0.15) is 0 Å². The van der Waals surface area contributed by atoms with Crippen molar-refractivity contribution >= 4 is 28.8 Å². The molecule has 0 spiro atoms. The summed E-state index contributed by atoms with van der Waals surface area (Å²) in [6.07, 6.45) is 0. The van der Waals surface area contributed by atoms with Crippen molar-refractivity contribution in [3.63, 3.8) is 0 Å². The minimum atomic E-state index is -0.652. The zero-order valence-corrected chi connectivity index (χ0v) is 12.2. The van der Waals surface area contributed by atoms with Crippen molar-refractivity contribution in [1.82, 2.24) is 15.1 Å². The highest BCUT2D eigenvalue weighted by Crippen LogP contribution is 2.25. The molecule has 1 heterocycles. The monoisotopic (exact) mass is 317 g/mol. The number of halogens is 3. The Kier molecular flexibility index (Phi) is 4.29. The second-order valence-electron chi connectivity index (χ2n) is 4.12. The molecule has 0 N–H and O–H groups in total. The largest absolute Gasteiger partial charge is 0.333 e. The Balaban J connectivity index is 2.26. The van der Waals surface area contributed by atoms with E-state index in [0.29, 0.717) is 0 Å². The molecule has 1 amide bonds. The van der Waals surface area contributed by atoms with Gasteiger partial charge in [-0.1, -0.05) is 11.3 Å². The molecule has 0 bridgehead atoms. The van der Waals surface area contributed by atoms with Gasteiger partial charge in [-0.3, -0.25) is 4.79 Å². The van der Waals surface area contributed by atoms with E-state index in [9.17, 15) is 13.6 Å². The van der Waals surface area contributed by atoms with Crippen LogP contribution in [0.3, 0.4) is 0 Å². The number of rotatable bonds is 3. The summed E-state index contributed by atoms with van der Waals surface area (Å²) in [5.41, 5.74) is 0.0939. The Hall–Kier alpha value is -1.60.